The van der Waals surface area contributed by atoms with Gasteiger partial charge in [0, 0.05) is 56.0 Å². The quantitative estimate of drug-likeness (QED) is 0.763. The lowest BCUT2D eigenvalue weighted by molar-refractivity contribution is 0.122. The minimum Gasteiger partial charge on any atom is -0.322 e. The highest BCUT2D eigenvalue weighted by molar-refractivity contribution is 5.78. The van der Waals surface area contributed by atoms with Crippen molar-refractivity contribution >= 4 is 10.9 Å². The molecule has 2 aromatic heterocycles. The van der Waals surface area contributed by atoms with Crippen molar-refractivity contribution < 1.29 is 0 Å². The molecule has 5 heteroatoms. The van der Waals surface area contributed by atoms with Gasteiger partial charge in [-0.2, -0.15) is 0 Å². The van der Waals surface area contributed by atoms with Crippen LogP contribution in [0.25, 0.3) is 10.9 Å². The van der Waals surface area contributed by atoms with Gasteiger partial charge in [0.2, 0.25) is 0 Å². The van der Waals surface area contributed by atoms with Crippen molar-refractivity contribution in [2.24, 2.45) is 5.92 Å². The monoisotopic (exact) mass is 374 g/mol. The van der Waals surface area contributed by atoms with E-state index in [9.17, 15) is 4.79 Å². The zero-order valence-electron chi connectivity index (χ0n) is 16.1. The molecule has 3 fully saturated rings. The average molecular weight is 374 g/mol. The summed E-state index contributed by atoms with van der Waals surface area (Å²) in [6, 6.07) is 16.7. The van der Waals surface area contributed by atoms with Gasteiger partial charge in [-0.05, 0) is 48.4 Å². The molecule has 0 spiro atoms. The van der Waals surface area contributed by atoms with E-state index in [0.717, 1.165) is 54.9 Å². The second kappa shape index (κ2) is 7.49. The molecule has 3 aromatic rings. The first kappa shape index (κ1) is 17.6. The Balaban J connectivity index is 1.34. The SMILES string of the molecule is O=c1[nH]c2ccccc2cc1CN1C[C@H]2CC[C@@H]1CN(Cc1ccccn1)C2. The van der Waals surface area contributed by atoms with Crippen molar-refractivity contribution in [3.63, 3.8) is 0 Å². The summed E-state index contributed by atoms with van der Waals surface area (Å²) >= 11 is 0. The van der Waals surface area contributed by atoms with Crippen LogP contribution in [0.5, 0.6) is 0 Å². The Labute approximate surface area is 165 Å². The maximum absolute atomic E-state index is 12.6. The third kappa shape index (κ3) is 3.60. The van der Waals surface area contributed by atoms with Crippen LogP contribution in [-0.2, 0) is 13.1 Å². The van der Waals surface area contributed by atoms with Crippen LogP contribution in [0.3, 0.4) is 0 Å². The number of rotatable bonds is 4. The van der Waals surface area contributed by atoms with Crippen LogP contribution in [0, 0.1) is 5.92 Å². The molecular weight excluding hydrogens is 348 g/mol. The highest BCUT2D eigenvalue weighted by atomic mass is 16.1. The zero-order chi connectivity index (χ0) is 18.9. The first-order valence-corrected chi connectivity index (χ1v) is 10.2. The number of aromatic nitrogens is 2. The fraction of sp³-hybridized carbons (Fsp3) is 0.391. The second-order valence-electron chi connectivity index (χ2n) is 8.25. The highest BCUT2D eigenvalue weighted by Crippen LogP contribution is 2.29. The van der Waals surface area contributed by atoms with E-state index in [-0.39, 0.29) is 5.56 Å². The number of nitrogens with one attached hydrogen (secondary N) is 1. The Kier molecular flexibility index (Phi) is 4.71. The molecule has 0 amide bonds. The molecule has 5 heterocycles. The molecule has 28 heavy (non-hydrogen) atoms. The molecule has 0 aliphatic carbocycles. The number of fused-ring (bicyclic) bond motifs is 5. The normalized spacial score (nSPS) is 23.1. The van der Waals surface area contributed by atoms with Gasteiger partial charge in [-0.25, -0.2) is 0 Å². The summed E-state index contributed by atoms with van der Waals surface area (Å²) in [6.45, 7) is 4.91. The summed E-state index contributed by atoms with van der Waals surface area (Å²) in [5.74, 6) is 0.669. The summed E-state index contributed by atoms with van der Waals surface area (Å²) in [5, 5.41) is 1.11. The van der Waals surface area contributed by atoms with Crippen molar-refractivity contribution in [2.75, 3.05) is 19.6 Å². The summed E-state index contributed by atoms with van der Waals surface area (Å²) in [6.07, 6.45) is 4.38. The number of para-hydroxylation sites is 1. The summed E-state index contributed by atoms with van der Waals surface area (Å²) in [7, 11) is 0. The van der Waals surface area contributed by atoms with Crippen LogP contribution in [0.4, 0.5) is 0 Å². The van der Waals surface area contributed by atoms with Crippen LogP contribution in [0.1, 0.15) is 24.1 Å². The number of benzene rings is 1. The first-order valence-electron chi connectivity index (χ1n) is 10.2. The lowest BCUT2D eigenvalue weighted by atomic mass is 9.94. The maximum Gasteiger partial charge on any atom is 0.252 e. The van der Waals surface area contributed by atoms with Crippen molar-refractivity contribution in [1.82, 2.24) is 19.8 Å². The molecule has 0 saturated carbocycles. The van der Waals surface area contributed by atoms with E-state index in [2.05, 4.69) is 44.0 Å². The van der Waals surface area contributed by atoms with Gasteiger partial charge in [0.1, 0.15) is 0 Å². The molecule has 3 aliphatic rings. The van der Waals surface area contributed by atoms with Gasteiger partial charge in [-0.15, -0.1) is 0 Å². The van der Waals surface area contributed by atoms with E-state index in [0.29, 0.717) is 12.0 Å². The van der Waals surface area contributed by atoms with Crippen LogP contribution in [0.2, 0.25) is 0 Å². The maximum atomic E-state index is 12.6. The smallest absolute Gasteiger partial charge is 0.252 e. The Morgan fingerprint density at radius 1 is 1.00 bits per heavy atom. The Hall–Kier alpha value is -2.50. The fourth-order valence-corrected chi connectivity index (χ4v) is 4.85. The molecule has 2 atom stereocenters. The Morgan fingerprint density at radius 3 is 2.79 bits per heavy atom. The topological polar surface area (TPSA) is 52.2 Å². The van der Waals surface area contributed by atoms with Gasteiger partial charge in [0.15, 0.2) is 0 Å². The third-order valence-corrected chi connectivity index (χ3v) is 6.22. The van der Waals surface area contributed by atoms with Crippen molar-refractivity contribution in [1.29, 1.82) is 0 Å². The van der Waals surface area contributed by atoms with Crippen LogP contribution in [-0.4, -0.2) is 45.4 Å². The number of piperidine rings is 1. The van der Waals surface area contributed by atoms with Gasteiger partial charge in [0.05, 0.1) is 5.69 Å². The molecule has 3 aliphatic heterocycles. The third-order valence-electron chi connectivity index (χ3n) is 6.22. The largest absolute Gasteiger partial charge is 0.322 e. The predicted molar refractivity (Wildman–Crippen MR) is 111 cm³/mol. The van der Waals surface area contributed by atoms with E-state index in [4.69, 9.17) is 0 Å². The minimum absolute atomic E-state index is 0.0455. The lowest BCUT2D eigenvalue weighted by Gasteiger charge is -2.36. The standard InChI is InChI=1S/C23H26N4O/c28-23-19(11-18-5-1-2-7-22(18)25-23)14-27-13-17-8-9-21(27)16-26(12-17)15-20-6-3-4-10-24-20/h1-7,10-11,17,21H,8-9,12-16H2,(H,25,28)/t17-,21+/m0/s1. The van der Waals surface area contributed by atoms with Crippen LogP contribution >= 0.6 is 0 Å². The number of H-pyrrole nitrogens is 1. The predicted octanol–water partition coefficient (Wildman–Crippen LogP) is 3.02. The summed E-state index contributed by atoms with van der Waals surface area (Å²) < 4.78 is 0. The Bertz CT molecular complexity index is 1020. The molecule has 2 bridgehead atoms. The van der Waals surface area contributed by atoms with Crippen LogP contribution < -0.4 is 5.56 Å². The van der Waals surface area contributed by atoms with Gasteiger partial charge in [-0.1, -0.05) is 24.3 Å². The number of aromatic amines is 1. The molecule has 0 radical (unpaired) electrons. The van der Waals surface area contributed by atoms with Gasteiger partial charge >= 0.3 is 0 Å². The minimum atomic E-state index is 0.0455. The van der Waals surface area contributed by atoms with E-state index in [1.807, 2.05) is 30.5 Å². The van der Waals surface area contributed by atoms with E-state index >= 15 is 0 Å². The van der Waals surface area contributed by atoms with E-state index < -0.39 is 0 Å². The summed E-state index contributed by atoms with van der Waals surface area (Å²) in [5.41, 5.74) is 2.98. The molecule has 0 unspecified atom stereocenters. The fourth-order valence-electron chi connectivity index (χ4n) is 4.85. The molecule has 1 aromatic carbocycles. The molecule has 1 N–H and O–H groups in total. The molecular formula is C23H26N4O. The molecule has 144 valence electrons. The first-order chi connectivity index (χ1) is 13.7. The van der Waals surface area contributed by atoms with E-state index in [1.165, 1.54) is 12.8 Å². The number of hydrogen-bond acceptors (Lipinski definition) is 4. The van der Waals surface area contributed by atoms with Gasteiger partial charge in [-0.3, -0.25) is 19.6 Å². The average Bonchev–Trinajstić information content (AvgIpc) is 3.00. The zero-order valence-corrected chi connectivity index (χ0v) is 16.1. The molecule has 6 rings (SSSR count). The van der Waals surface area contributed by atoms with Crippen LogP contribution in [0.15, 0.2) is 59.5 Å². The molecule has 3 saturated heterocycles. The highest BCUT2D eigenvalue weighted by Gasteiger charge is 2.35. The number of nitrogens with zero attached hydrogens (tertiary/aromatic N) is 3. The van der Waals surface area contributed by atoms with Crippen molar-refractivity contribution in [3.05, 3.63) is 76.3 Å². The van der Waals surface area contributed by atoms with Gasteiger partial charge < -0.3 is 4.98 Å². The summed E-state index contributed by atoms with van der Waals surface area (Å²) in [4.78, 5) is 25.2. The molecule has 5 nitrogen and oxygen atoms in total. The Morgan fingerprint density at radius 2 is 1.89 bits per heavy atom. The second-order valence-corrected chi connectivity index (χ2v) is 8.25. The van der Waals surface area contributed by atoms with Crippen molar-refractivity contribution in [2.45, 2.75) is 32.0 Å². The number of pyridine rings is 2. The number of hydrogen-bond donors (Lipinski definition) is 1. The lowest BCUT2D eigenvalue weighted by Crippen LogP contribution is -2.44. The van der Waals surface area contributed by atoms with Gasteiger partial charge in [0.25, 0.3) is 5.56 Å². The van der Waals surface area contributed by atoms with Crippen molar-refractivity contribution in [3.8, 4) is 0 Å². The van der Waals surface area contributed by atoms with E-state index in [1.54, 1.807) is 0 Å².